The average Bonchev–Trinajstić information content (AvgIpc) is 2.88. The number of esters is 1. The van der Waals surface area contributed by atoms with E-state index in [4.69, 9.17) is 16.3 Å². The highest BCUT2D eigenvalue weighted by Crippen LogP contribution is 2.35. The van der Waals surface area contributed by atoms with Crippen LogP contribution in [0.1, 0.15) is 37.8 Å². The van der Waals surface area contributed by atoms with Crippen molar-refractivity contribution in [3.63, 3.8) is 0 Å². The third kappa shape index (κ3) is 3.76. The van der Waals surface area contributed by atoms with Crippen LogP contribution in [0.15, 0.2) is 24.3 Å². The molecule has 1 aromatic rings. The van der Waals surface area contributed by atoms with Crippen molar-refractivity contribution in [3.8, 4) is 0 Å². The van der Waals surface area contributed by atoms with Gasteiger partial charge in [0, 0.05) is 11.1 Å². The Bertz CT molecular complexity index is 492. The van der Waals surface area contributed by atoms with E-state index in [-0.39, 0.29) is 18.1 Å². The minimum Gasteiger partial charge on any atom is -0.468 e. The second kappa shape index (κ2) is 7.25. The zero-order valence-corrected chi connectivity index (χ0v) is 13.2. The Morgan fingerprint density at radius 3 is 2.86 bits per heavy atom. The second-order valence-corrected chi connectivity index (χ2v) is 5.97. The van der Waals surface area contributed by atoms with Crippen molar-refractivity contribution in [1.82, 2.24) is 4.90 Å². The number of nitrogens with zero attached hydrogens (tertiary/aromatic N) is 1. The van der Waals surface area contributed by atoms with Crippen LogP contribution in [0.4, 0.5) is 0 Å². The Labute approximate surface area is 130 Å². The van der Waals surface area contributed by atoms with Crippen LogP contribution in [0.3, 0.4) is 0 Å². The smallest absolute Gasteiger partial charge is 0.327 e. The summed E-state index contributed by atoms with van der Waals surface area (Å²) in [6.45, 7) is 2.58. The molecule has 2 rings (SSSR count). The summed E-state index contributed by atoms with van der Waals surface area (Å²) in [5, 5.41) is 10.2. The number of hydrogen-bond donors (Lipinski definition) is 1. The first-order valence-electron chi connectivity index (χ1n) is 7.30. The molecule has 3 unspecified atom stereocenters. The molecule has 21 heavy (non-hydrogen) atoms. The maximum absolute atomic E-state index is 12.3. The number of hydrogen-bond acceptors (Lipinski definition) is 4. The van der Waals surface area contributed by atoms with Crippen LogP contribution in [0.25, 0.3) is 0 Å². The number of aliphatic hydroxyl groups excluding tert-OH is 1. The van der Waals surface area contributed by atoms with Crippen molar-refractivity contribution in [2.45, 2.75) is 44.4 Å². The number of ether oxygens (including phenoxy) is 1. The summed E-state index contributed by atoms with van der Waals surface area (Å²) in [5.74, 6) is -0.305. The lowest BCUT2D eigenvalue weighted by molar-refractivity contribution is -0.148. The van der Waals surface area contributed by atoms with E-state index in [9.17, 15) is 9.90 Å². The summed E-state index contributed by atoms with van der Waals surface area (Å²) >= 11 is 6.27. The van der Waals surface area contributed by atoms with Crippen molar-refractivity contribution in [2.75, 3.05) is 13.7 Å². The number of aliphatic hydroxyl groups is 1. The molecule has 0 aromatic heterocycles. The number of likely N-dealkylation sites (tertiary alicyclic amines) is 1. The maximum Gasteiger partial charge on any atom is 0.327 e. The summed E-state index contributed by atoms with van der Waals surface area (Å²) in [4.78, 5) is 14.4. The highest BCUT2D eigenvalue weighted by Gasteiger charge is 2.37. The van der Waals surface area contributed by atoms with Crippen molar-refractivity contribution >= 4 is 17.6 Å². The van der Waals surface area contributed by atoms with Crippen LogP contribution in [0, 0.1) is 0 Å². The first-order valence-corrected chi connectivity index (χ1v) is 7.68. The van der Waals surface area contributed by atoms with Crippen LogP contribution >= 0.6 is 11.6 Å². The van der Waals surface area contributed by atoms with Gasteiger partial charge in [-0.2, -0.15) is 0 Å². The number of carbonyl (C=O) groups excluding carboxylic acids is 1. The minimum absolute atomic E-state index is 0.172. The fraction of sp³-hybridized carbons (Fsp3) is 0.562. The first kappa shape index (κ1) is 16.3. The average molecular weight is 312 g/mol. The van der Waals surface area contributed by atoms with E-state index in [0.717, 1.165) is 24.9 Å². The number of benzene rings is 1. The Kier molecular flexibility index (Phi) is 5.62. The van der Waals surface area contributed by atoms with Gasteiger partial charge in [0.25, 0.3) is 0 Å². The molecule has 0 saturated carbocycles. The van der Waals surface area contributed by atoms with Gasteiger partial charge in [-0.1, -0.05) is 29.8 Å². The monoisotopic (exact) mass is 311 g/mol. The minimum atomic E-state index is -0.505. The zero-order valence-electron chi connectivity index (χ0n) is 12.5. The van der Waals surface area contributed by atoms with Gasteiger partial charge in [0.05, 0.1) is 13.2 Å². The molecule has 116 valence electrons. The fourth-order valence-electron chi connectivity index (χ4n) is 3.09. The van der Waals surface area contributed by atoms with E-state index < -0.39 is 6.04 Å². The molecule has 1 N–H and O–H groups in total. The second-order valence-electron chi connectivity index (χ2n) is 5.57. The molecule has 1 aromatic carbocycles. The normalized spacial score (nSPS) is 22.0. The van der Waals surface area contributed by atoms with Gasteiger partial charge in [-0.15, -0.1) is 0 Å². The maximum atomic E-state index is 12.3. The van der Waals surface area contributed by atoms with E-state index >= 15 is 0 Å². The van der Waals surface area contributed by atoms with Gasteiger partial charge < -0.3 is 9.84 Å². The molecular weight excluding hydrogens is 290 g/mol. The van der Waals surface area contributed by atoms with E-state index in [0.29, 0.717) is 11.4 Å². The van der Waals surface area contributed by atoms with E-state index in [1.807, 2.05) is 18.2 Å². The van der Waals surface area contributed by atoms with Gasteiger partial charge in [-0.05, 0) is 44.4 Å². The van der Waals surface area contributed by atoms with Gasteiger partial charge in [-0.25, -0.2) is 4.79 Å². The molecule has 0 aliphatic carbocycles. The number of halogens is 1. The van der Waals surface area contributed by atoms with E-state index in [1.165, 1.54) is 7.11 Å². The van der Waals surface area contributed by atoms with Crippen LogP contribution in [0.5, 0.6) is 0 Å². The van der Waals surface area contributed by atoms with Gasteiger partial charge in [0.2, 0.25) is 0 Å². The van der Waals surface area contributed by atoms with Crippen molar-refractivity contribution in [1.29, 1.82) is 0 Å². The fourth-order valence-corrected chi connectivity index (χ4v) is 3.33. The van der Waals surface area contributed by atoms with Crippen LogP contribution in [-0.2, 0) is 9.53 Å². The molecule has 0 radical (unpaired) electrons. The Hall–Kier alpha value is -1.10. The highest BCUT2D eigenvalue weighted by molar-refractivity contribution is 6.31. The molecule has 1 aliphatic heterocycles. The van der Waals surface area contributed by atoms with Crippen LogP contribution in [0.2, 0.25) is 5.02 Å². The number of carbonyl (C=O) groups is 1. The third-order valence-electron chi connectivity index (χ3n) is 3.99. The van der Waals surface area contributed by atoms with Gasteiger partial charge >= 0.3 is 5.97 Å². The molecule has 1 fully saturated rings. The summed E-state index contributed by atoms with van der Waals surface area (Å²) < 4.78 is 4.99. The lowest BCUT2D eigenvalue weighted by Gasteiger charge is -2.32. The number of methoxy groups -OCH3 is 1. The molecule has 0 spiro atoms. The standard InChI is InChI=1S/C16H22ClNO3/c1-11(19)10-12-6-5-9-18(12)15(16(20)21-2)13-7-3-4-8-14(13)17/h3-4,7-8,11-12,15,19H,5-6,9-10H2,1-2H3. The molecule has 1 heterocycles. The lowest BCUT2D eigenvalue weighted by atomic mass is 10.0. The Balaban J connectivity index is 2.32. The summed E-state index contributed by atoms with van der Waals surface area (Å²) in [6.07, 6.45) is 2.25. The first-order chi connectivity index (χ1) is 10.0. The Morgan fingerprint density at radius 2 is 2.24 bits per heavy atom. The lowest BCUT2D eigenvalue weighted by Crippen LogP contribution is -2.39. The van der Waals surface area contributed by atoms with Gasteiger partial charge in [0.1, 0.15) is 6.04 Å². The van der Waals surface area contributed by atoms with Crippen molar-refractivity contribution in [3.05, 3.63) is 34.9 Å². The Morgan fingerprint density at radius 1 is 1.52 bits per heavy atom. The largest absolute Gasteiger partial charge is 0.468 e. The van der Waals surface area contributed by atoms with Crippen molar-refractivity contribution < 1.29 is 14.6 Å². The predicted molar refractivity (Wildman–Crippen MR) is 82.2 cm³/mol. The molecule has 1 saturated heterocycles. The van der Waals surface area contributed by atoms with E-state index in [1.54, 1.807) is 13.0 Å². The van der Waals surface area contributed by atoms with Crippen LogP contribution < -0.4 is 0 Å². The quantitative estimate of drug-likeness (QED) is 0.850. The molecule has 1 aliphatic rings. The summed E-state index contributed by atoms with van der Waals surface area (Å²) in [5.41, 5.74) is 0.767. The SMILES string of the molecule is COC(=O)C(c1ccccc1Cl)N1CCCC1CC(C)O. The molecule has 4 nitrogen and oxygen atoms in total. The topological polar surface area (TPSA) is 49.8 Å². The van der Waals surface area contributed by atoms with Crippen molar-refractivity contribution in [2.24, 2.45) is 0 Å². The van der Waals surface area contributed by atoms with Gasteiger partial charge in [0.15, 0.2) is 0 Å². The molecule has 0 amide bonds. The summed E-state index contributed by atoms with van der Waals surface area (Å²) in [6, 6.07) is 7.03. The third-order valence-corrected chi connectivity index (χ3v) is 4.34. The van der Waals surface area contributed by atoms with Crippen LogP contribution in [-0.4, -0.2) is 41.8 Å². The molecule has 0 bridgehead atoms. The zero-order chi connectivity index (χ0) is 15.4. The molecule has 3 atom stereocenters. The molecule has 5 heteroatoms. The molecular formula is C16H22ClNO3. The highest BCUT2D eigenvalue weighted by atomic mass is 35.5. The van der Waals surface area contributed by atoms with E-state index in [2.05, 4.69) is 4.90 Å². The predicted octanol–water partition coefficient (Wildman–Crippen LogP) is 2.79. The number of rotatable bonds is 5. The van der Waals surface area contributed by atoms with Gasteiger partial charge in [-0.3, -0.25) is 4.90 Å². The summed E-state index contributed by atoms with van der Waals surface area (Å²) in [7, 11) is 1.39.